The van der Waals surface area contributed by atoms with Gasteiger partial charge in [-0.1, -0.05) is 18.9 Å². The van der Waals surface area contributed by atoms with Gasteiger partial charge in [0.1, 0.15) is 5.75 Å². The van der Waals surface area contributed by atoms with Gasteiger partial charge < -0.3 is 15.8 Å². The number of methoxy groups -OCH3 is 1. The first-order valence-electron chi connectivity index (χ1n) is 6.30. The SMILES string of the molecule is COc1ccc(C)cc1NC(=O)C1(N)CCCC1. The molecule has 18 heavy (non-hydrogen) atoms. The third-order valence-electron chi connectivity index (χ3n) is 3.55. The van der Waals surface area contributed by atoms with Crippen LogP contribution in [0.5, 0.6) is 5.75 Å². The summed E-state index contributed by atoms with van der Waals surface area (Å²) in [5.41, 5.74) is 7.18. The lowest BCUT2D eigenvalue weighted by Crippen LogP contribution is -2.48. The molecule has 0 saturated heterocycles. The fourth-order valence-corrected chi connectivity index (χ4v) is 2.40. The molecule has 0 bridgehead atoms. The van der Waals surface area contributed by atoms with Gasteiger partial charge in [0.2, 0.25) is 5.91 Å². The van der Waals surface area contributed by atoms with Crippen LogP contribution in [0.2, 0.25) is 0 Å². The number of rotatable bonds is 3. The Balaban J connectivity index is 2.18. The molecule has 0 aromatic heterocycles. The fraction of sp³-hybridized carbons (Fsp3) is 0.500. The normalized spacial score (nSPS) is 17.5. The highest BCUT2D eigenvalue weighted by Crippen LogP contribution is 2.31. The minimum Gasteiger partial charge on any atom is -0.495 e. The van der Waals surface area contributed by atoms with Gasteiger partial charge in [0.15, 0.2) is 0 Å². The molecule has 98 valence electrons. The van der Waals surface area contributed by atoms with E-state index >= 15 is 0 Å². The van der Waals surface area contributed by atoms with E-state index in [1.54, 1.807) is 7.11 Å². The van der Waals surface area contributed by atoms with Crippen LogP contribution in [-0.2, 0) is 4.79 Å². The molecule has 1 saturated carbocycles. The van der Waals surface area contributed by atoms with Gasteiger partial charge in [-0.25, -0.2) is 0 Å². The van der Waals surface area contributed by atoms with Gasteiger partial charge in [-0.3, -0.25) is 4.79 Å². The first kappa shape index (κ1) is 12.9. The lowest BCUT2D eigenvalue weighted by Gasteiger charge is -2.23. The van der Waals surface area contributed by atoms with Crippen LogP contribution in [-0.4, -0.2) is 18.6 Å². The Morgan fingerprint density at radius 2 is 2.06 bits per heavy atom. The molecule has 0 heterocycles. The fourth-order valence-electron chi connectivity index (χ4n) is 2.40. The lowest BCUT2D eigenvalue weighted by molar-refractivity contribution is -0.121. The van der Waals surface area contributed by atoms with E-state index in [1.807, 2.05) is 25.1 Å². The highest BCUT2D eigenvalue weighted by molar-refractivity contribution is 5.99. The molecular weight excluding hydrogens is 228 g/mol. The zero-order valence-electron chi connectivity index (χ0n) is 11.0. The van der Waals surface area contributed by atoms with Crippen LogP contribution >= 0.6 is 0 Å². The van der Waals surface area contributed by atoms with Crippen LogP contribution in [0.4, 0.5) is 5.69 Å². The molecule has 0 unspecified atom stereocenters. The lowest BCUT2D eigenvalue weighted by atomic mass is 9.98. The van der Waals surface area contributed by atoms with Crippen molar-refractivity contribution in [1.82, 2.24) is 0 Å². The second-order valence-electron chi connectivity index (χ2n) is 5.02. The quantitative estimate of drug-likeness (QED) is 0.862. The molecule has 0 atom stereocenters. The standard InChI is InChI=1S/C14H20N2O2/c1-10-5-6-12(18-2)11(9-10)16-13(17)14(15)7-3-4-8-14/h5-6,9H,3-4,7-8,15H2,1-2H3,(H,16,17). The molecule has 1 amide bonds. The highest BCUT2D eigenvalue weighted by Gasteiger charge is 2.37. The number of ether oxygens (including phenoxy) is 1. The maximum absolute atomic E-state index is 12.2. The Morgan fingerprint density at radius 1 is 1.39 bits per heavy atom. The smallest absolute Gasteiger partial charge is 0.244 e. The monoisotopic (exact) mass is 248 g/mol. The van der Waals surface area contributed by atoms with Gasteiger partial charge in [-0.05, 0) is 37.5 Å². The van der Waals surface area contributed by atoms with Gasteiger partial charge in [-0.2, -0.15) is 0 Å². The largest absolute Gasteiger partial charge is 0.495 e. The van der Waals surface area contributed by atoms with E-state index in [9.17, 15) is 4.79 Å². The van der Waals surface area contributed by atoms with E-state index < -0.39 is 5.54 Å². The molecule has 2 rings (SSSR count). The molecule has 1 aliphatic carbocycles. The van der Waals surface area contributed by atoms with Crippen molar-refractivity contribution in [3.63, 3.8) is 0 Å². The average Bonchev–Trinajstić information content (AvgIpc) is 2.78. The number of nitrogens with one attached hydrogen (secondary N) is 1. The Labute approximate surface area is 108 Å². The van der Waals surface area contributed by atoms with Gasteiger partial charge >= 0.3 is 0 Å². The molecule has 1 aliphatic rings. The number of carbonyl (C=O) groups is 1. The summed E-state index contributed by atoms with van der Waals surface area (Å²) < 4.78 is 5.24. The van der Waals surface area contributed by atoms with Crippen LogP contribution in [0.25, 0.3) is 0 Å². The predicted molar refractivity (Wildman–Crippen MR) is 71.7 cm³/mol. The third-order valence-corrected chi connectivity index (χ3v) is 3.55. The summed E-state index contributed by atoms with van der Waals surface area (Å²) in [4.78, 5) is 12.2. The molecule has 3 N–H and O–H groups in total. The number of aryl methyl sites for hydroxylation is 1. The van der Waals surface area contributed by atoms with E-state index in [1.165, 1.54) is 0 Å². The molecule has 1 aromatic carbocycles. The van der Waals surface area contributed by atoms with Crippen molar-refractivity contribution in [1.29, 1.82) is 0 Å². The van der Waals surface area contributed by atoms with Crippen molar-refractivity contribution in [2.45, 2.75) is 38.1 Å². The van der Waals surface area contributed by atoms with Crippen molar-refractivity contribution in [3.8, 4) is 5.75 Å². The zero-order valence-corrected chi connectivity index (χ0v) is 11.0. The van der Waals surface area contributed by atoms with E-state index in [2.05, 4.69) is 5.32 Å². The number of amides is 1. The van der Waals surface area contributed by atoms with Crippen LogP contribution in [0.15, 0.2) is 18.2 Å². The molecule has 4 nitrogen and oxygen atoms in total. The molecule has 4 heteroatoms. The summed E-state index contributed by atoms with van der Waals surface area (Å²) >= 11 is 0. The number of hydrogen-bond acceptors (Lipinski definition) is 3. The third kappa shape index (κ3) is 2.48. The molecule has 1 fully saturated rings. The first-order valence-corrected chi connectivity index (χ1v) is 6.30. The molecule has 0 radical (unpaired) electrons. The number of benzene rings is 1. The topological polar surface area (TPSA) is 64.3 Å². The summed E-state index contributed by atoms with van der Waals surface area (Å²) in [6.07, 6.45) is 3.56. The average molecular weight is 248 g/mol. The number of nitrogens with two attached hydrogens (primary N) is 1. The van der Waals surface area contributed by atoms with Crippen LogP contribution in [0.3, 0.4) is 0 Å². The van der Waals surface area contributed by atoms with Crippen molar-refractivity contribution < 1.29 is 9.53 Å². The molecule has 1 aromatic rings. The maximum atomic E-state index is 12.2. The van der Waals surface area contributed by atoms with Gasteiger partial charge in [0, 0.05) is 0 Å². The minimum absolute atomic E-state index is 0.107. The summed E-state index contributed by atoms with van der Waals surface area (Å²) in [6, 6.07) is 5.69. The van der Waals surface area contributed by atoms with Gasteiger partial charge in [0.25, 0.3) is 0 Å². The van der Waals surface area contributed by atoms with E-state index in [4.69, 9.17) is 10.5 Å². The predicted octanol–water partition coefficient (Wildman–Crippen LogP) is 2.21. The van der Waals surface area contributed by atoms with Crippen molar-refractivity contribution in [3.05, 3.63) is 23.8 Å². The number of carbonyl (C=O) groups excluding carboxylic acids is 1. The molecule has 0 aliphatic heterocycles. The first-order chi connectivity index (χ1) is 8.55. The van der Waals surface area contributed by atoms with Crippen LogP contribution in [0, 0.1) is 6.92 Å². The minimum atomic E-state index is -0.714. The second-order valence-corrected chi connectivity index (χ2v) is 5.02. The van der Waals surface area contributed by atoms with Gasteiger partial charge in [-0.15, -0.1) is 0 Å². The zero-order chi connectivity index (χ0) is 13.2. The Bertz CT molecular complexity index is 451. The number of hydrogen-bond donors (Lipinski definition) is 2. The Hall–Kier alpha value is -1.55. The Morgan fingerprint density at radius 3 is 2.67 bits per heavy atom. The maximum Gasteiger partial charge on any atom is 0.244 e. The highest BCUT2D eigenvalue weighted by atomic mass is 16.5. The van der Waals surface area contributed by atoms with Crippen LogP contribution in [0.1, 0.15) is 31.2 Å². The van der Waals surface area contributed by atoms with E-state index in [0.717, 1.165) is 31.2 Å². The van der Waals surface area contributed by atoms with Gasteiger partial charge in [0.05, 0.1) is 18.3 Å². The summed E-state index contributed by atoms with van der Waals surface area (Å²) in [5, 5.41) is 2.90. The summed E-state index contributed by atoms with van der Waals surface area (Å²) in [6.45, 7) is 1.98. The van der Waals surface area contributed by atoms with Crippen molar-refractivity contribution in [2.24, 2.45) is 5.73 Å². The molecular formula is C14H20N2O2. The van der Waals surface area contributed by atoms with Crippen LogP contribution < -0.4 is 15.8 Å². The van der Waals surface area contributed by atoms with Crippen molar-refractivity contribution >= 4 is 11.6 Å². The van der Waals surface area contributed by atoms with Crippen molar-refractivity contribution in [2.75, 3.05) is 12.4 Å². The number of anilines is 1. The summed E-state index contributed by atoms with van der Waals surface area (Å²) in [5.74, 6) is 0.555. The van der Waals surface area contributed by atoms with E-state index in [-0.39, 0.29) is 5.91 Å². The van der Waals surface area contributed by atoms with E-state index in [0.29, 0.717) is 11.4 Å². The second kappa shape index (κ2) is 4.98. The Kier molecular flexibility index (Phi) is 3.57. The molecule has 0 spiro atoms. The summed E-state index contributed by atoms with van der Waals surface area (Å²) in [7, 11) is 1.59.